The summed E-state index contributed by atoms with van der Waals surface area (Å²) in [5, 5.41) is 9.94. The number of hydrogen-bond acceptors (Lipinski definition) is 2. The van der Waals surface area contributed by atoms with Crippen molar-refractivity contribution in [2.75, 3.05) is 18.0 Å². The summed E-state index contributed by atoms with van der Waals surface area (Å²) in [5.41, 5.74) is 1.26. The summed E-state index contributed by atoms with van der Waals surface area (Å²) >= 11 is 0. The quantitative estimate of drug-likeness (QED) is 0.746. The first-order valence-electron chi connectivity index (χ1n) is 8.04. The van der Waals surface area contributed by atoms with Gasteiger partial charge in [0.25, 0.3) is 0 Å². The first-order valence-corrected chi connectivity index (χ1v) is 8.04. The molecule has 1 N–H and O–H groups in total. The van der Waals surface area contributed by atoms with E-state index in [1.807, 2.05) is 6.07 Å². The Kier molecular flexibility index (Phi) is 7.16. The number of benzene rings is 1. The van der Waals surface area contributed by atoms with Gasteiger partial charge in [0.1, 0.15) is 5.82 Å². The predicted molar refractivity (Wildman–Crippen MR) is 88.2 cm³/mol. The van der Waals surface area contributed by atoms with Crippen LogP contribution in [-0.4, -0.2) is 18.2 Å². The zero-order chi connectivity index (χ0) is 16.0. The van der Waals surface area contributed by atoms with Crippen LogP contribution >= 0.6 is 0 Å². The van der Waals surface area contributed by atoms with Crippen molar-refractivity contribution >= 4 is 5.69 Å². The van der Waals surface area contributed by atoms with Crippen LogP contribution in [0.2, 0.25) is 0 Å². The molecule has 0 aliphatic heterocycles. The molecule has 3 heteroatoms. The van der Waals surface area contributed by atoms with E-state index in [0.29, 0.717) is 23.1 Å². The van der Waals surface area contributed by atoms with Gasteiger partial charge in [-0.15, -0.1) is 0 Å². The number of nitrogens with zero attached hydrogens (tertiary/aromatic N) is 1. The third-order valence-corrected chi connectivity index (χ3v) is 3.74. The second-order valence-corrected chi connectivity index (χ2v) is 6.71. The van der Waals surface area contributed by atoms with Crippen molar-refractivity contribution in [3.05, 3.63) is 29.6 Å². The van der Waals surface area contributed by atoms with E-state index in [-0.39, 0.29) is 5.82 Å². The number of rotatable bonds is 8. The largest absolute Gasteiger partial charge is 0.389 e. The maximum absolute atomic E-state index is 14.4. The lowest BCUT2D eigenvalue weighted by molar-refractivity contribution is 0.199. The Morgan fingerprint density at radius 3 is 1.95 bits per heavy atom. The van der Waals surface area contributed by atoms with Crippen LogP contribution < -0.4 is 4.90 Å². The minimum Gasteiger partial charge on any atom is -0.389 e. The van der Waals surface area contributed by atoms with Gasteiger partial charge in [-0.3, -0.25) is 0 Å². The van der Waals surface area contributed by atoms with E-state index in [0.717, 1.165) is 25.9 Å². The summed E-state index contributed by atoms with van der Waals surface area (Å²) in [4.78, 5) is 2.11. The van der Waals surface area contributed by atoms with Crippen molar-refractivity contribution < 1.29 is 9.50 Å². The molecule has 0 saturated heterocycles. The minimum atomic E-state index is -0.656. The van der Waals surface area contributed by atoms with Gasteiger partial charge in [-0.05, 0) is 37.7 Å². The fourth-order valence-electron chi connectivity index (χ4n) is 2.37. The van der Waals surface area contributed by atoms with Crippen LogP contribution in [0.3, 0.4) is 0 Å². The van der Waals surface area contributed by atoms with Gasteiger partial charge < -0.3 is 10.0 Å². The minimum absolute atomic E-state index is 0.235. The normalized spacial score (nSPS) is 13.0. The molecule has 1 aromatic carbocycles. The summed E-state index contributed by atoms with van der Waals surface area (Å²) in [5.74, 6) is 0.919. The van der Waals surface area contributed by atoms with Crippen LogP contribution in [0.15, 0.2) is 18.2 Å². The highest BCUT2D eigenvalue weighted by Crippen LogP contribution is 2.30. The molecule has 0 saturated carbocycles. The van der Waals surface area contributed by atoms with E-state index in [4.69, 9.17) is 0 Å². The molecule has 2 nitrogen and oxygen atoms in total. The standard InChI is InChI=1S/C18H30FNO/c1-13(2)9-11-20(12-10-14(3)4)18-16(15(5)21)7-6-8-17(18)19/h6-8,13-15,21H,9-12H2,1-5H3. The fraction of sp³-hybridized carbons (Fsp3) is 0.667. The van der Waals surface area contributed by atoms with Crippen molar-refractivity contribution in [1.82, 2.24) is 0 Å². The summed E-state index contributed by atoms with van der Waals surface area (Å²) in [6, 6.07) is 4.98. The van der Waals surface area contributed by atoms with E-state index in [1.165, 1.54) is 6.07 Å². The molecular formula is C18H30FNO. The van der Waals surface area contributed by atoms with Crippen LogP contribution in [-0.2, 0) is 0 Å². The summed E-state index contributed by atoms with van der Waals surface area (Å²) in [7, 11) is 0. The number of aliphatic hydroxyl groups excluding tert-OH is 1. The van der Waals surface area contributed by atoms with Crippen LogP contribution in [0.1, 0.15) is 59.1 Å². The summed E-state index contributed by atoms with van der Waals surface area (Å²) < 4.78 is 14.4. The van der Waals surface area contributed by atoms with Gasteiger partial charge in [-0.1, -0.05) is 39.8 Å². The highest BCUT2D eigenvalue weighted by molar-refractivity contribution is 5.55. The first kappa shape index (κ1) is 18.0. The van der Waals surface area contributed by atoms with Crippen molar-refractivity contribution in [3.8, 4) is 0 Å². The van der Waals surface area contributed by atoms with E-state index >= 15 is 0 Å². The lowest BCUT2D eigenvalue weighted by Gasteiger charge is -2.29. The molecule has 120 valence electrons. The van der Waals surface area contributed by atoms with Gasteiger partial charge in [0, 0.05) is 18.7 Å². The molecule has 0 amide bonds. The topological polar surface area (TPSA) is 23.5 Å². The Bertz CT molecular complexity index is 417. The molecule has 1 rings (SSSR count). The Labute approximate surface area is 129 Å². The molecule has 0 spiro atoms. The smallest absolute Gasteiger partial charge is 0.146 e. The second-order valence-electron chi connectivity index (χ2n) is 6.71. The molecule has 0 aliphatic carbocycles. The number of hydrogen-bond donors (Lipinski definition) is 1. The summed E-state index contributed by atoms with van der Waals surface area (Å²) in [6.07, 6.45) is 1.38. The number of aliphatic hydroxyl groups is 1. The molecule has 1 unspecified atom stereocenters. The number of anilines is 1. The van der Waals surface area contributed by atoms with Gasteiger partial charge in [0.2, 0.25) is 0 Å². The third-order valence-electron chi connectivity index (χ3n) is 3.74. The Hall–Kier alpha value is -1.09. The second kappa shape index (κ2) is 8.38. The molecule has 1 atom stereocenters. The van der Waals surface area contributed by atoms with Crippen LogP contribution in [0.4, 0.5) is 10.1 Å². The lowest BCUT2D eigenvalue weighted by atomic mass is 10.0. The van der Waals surface area contributed by atoms with E-state index in [1.54, 1.807) is 13.0 Å². The molecule has 0 aliphatic rings. The maximum Gasteiger partial charge on any atom is 0.146 e. The van der Waals surface area contributed by atoms with Crippen molar-refractivity contribution in [2.24, 2.45) is 11.8 Å². The molecule has 0 fully saturated rings. The zero-order valence-electron chi connectivity index (χ0n) is 14.1. The van der Waals surface area contributed by atoms with E-state index in [2.05, 4.69) is 32.6 Å². The summed E-state index contributed by atoms with van der Waals surface area (Å²) in [6.45, 7) is 12.1. The van der Waals surface area contributed by atoms with Crippen LogP contribution in [0.25, 0.3) is 0 Å². The molecule has 0 bridgehead atoms. The Morgan fingerprint density at radius 2 is 1.52 bits per heavy atom. The highest BCUT2D eigenvalue weighted by Gasteiger charge is 2.19. The van der Waals surface area contributed by atoms with Crippen LogP contribution in [0.5, 0.6) is 0 Å². The molecule has 0 radical (unpaired) electrons. The monoisotopic (exact) mass is 295 g/mol. The Morgan fingerprint density at radius 1 is 1.00 bits per heavy atom. The van der Waals surface area contributed by atoms with Crippen molar-refractivity contribution in [3.63, 3.8) is 0 Å². The molecule has 21 heavy (non-hydrogen) atoms. The van der Waals surface area contributed by atoms with Crippen molar-refractivity contribution in [1.29, 1.82) is 0 Å². The van der Waals surface area contributed by atoms with Gasteiger partial charge in [-0.25, -0.2) is 4.39 Å². The van der Waals surface area contributed by atoms with E-state index < -0.39 is 6.10 Å². The highest BCUT2D eigenvalue weighted by atomic mass is 19.1. The third kappa shape index (κ3) is 5.66. The predicted octanol–water partition coefficient (Wildman–Crippen LogP) is 4.78. The van der Waals surface area contributed by atoms with Gasteiger partial charge >= 0.3 is 0 Å². The fourth-order valence-corrected chi connectivity index (χ4v) is 2.37. The average molecular weight is 295 g/mol. The van der Waals surface area contributed by atoms with Gasteiger partial charge in [-0.2, -0.15) is 0 Å². The maximum atomic E-state index is 14.4. The van der Waals surface area contributed by atoms with Gasteiger partial charge in [0.15, 0.2) is 0 Å². The molecular weight excluding hydrogens is 265 g/mol. The van der Waals surface area contributed by atoms with E-state index in [9.17, 15) is 9.50 Å². The molecule has 1 aromatic rings. The zero-order valence-corrected chi connectivity index (χ0v) is 14.1. The molecule has 0 aromatic heterocycles. The van der Waals surface area contributed by atoms with Crippen LogP contribution in [0, 0.1) is 17.7 Å². The first-order chi connectivity index (χ1) is 9.82. The van der Waals surface area contributed by atoms with Crippen molar-refractivity contribution in [2.45, 2.75) is 53.6 Å². The number of para-hydroxylation sites is 1. The SMILES string of the molecule is CC(C)CCN(CCC(C)C)c1c(F)cccc1C(C)O. The lowest BCUT2D eigenvalue weighted by Crippen LogP contribution is -2.29. The Balaban J connectivity index is 3.05. The molecule has 0 heterocycles. The number of halogens is 1. The average Bonchev–Trinajstić information content (AvgIpc) is 2.38. The van der Waals surface area contributed by atoms with Gasteiger partial charge in [0.05, 0.1) is 11.8 Å².